The Balaban J connectivity index is 2.01. The van der Waals surface area contributed by atoms with Crippen LogP contribution in [-0.4, -0.2) is 21.0 Å². The number of halogens is 1. The molecule has 0 saturated heterocycles. The van der Waals surface area contributed by atoms with Gasteiger partial charge in [-0.05, 0) is 19.1 Å². The summed E-state index contributed by atoms with van der Waals surface area (Å²) in [5.74, 6) is 0. The van der Waals surface area contributed by atoms with Crippen molar-refractivity contribution in [3.8, 4) is 0 Å². The smallest absolute Gasteiger partial charge is 0.109 e. The molecule has 0 spiro atoms. The maximum atomic E-state index is 12.2. The molecule has 2 aromatic heterocycles. The molecule has 0 atom stereocenters. The molecule has 2 rings (SSSR count). The van der Waals surface area contributed by atoms with E-state index in [0.717, 1.165) is 17.9 Å². The summed E-state index contributed by atoms with van der Waals surface area (Å²) in [6.45, 7) is 2.58. The molecule has 2 heterocycles. The van der Waals surface area contributed by atoms with Crippen molar-refractivity contribution < 1.29 is 4.39 Å². The SMILES string of the molecule is Cc1nn(CCF)cc1NCc1cccn1C. The third-order valence-electron chi connectivity index (χ3n) is 2.77. The average Bonchev–Trinajstić information content (AvgIpc) is 2.83. The lowest BCUT2D eigenvalue weighted by molar-refractivity contribution is 0.426. The highest BCUT2D eigenvalue weighted by molar-refractivity contribution is 5.45. The van der Waals surface area contributed by atoms with Crippen LogP contribution in [0.1, 0.15) is 11.4 Å². The molecule has 1 N–H and O–H groups in total. The van der Waals surface area contributed by atoms with E-state index in [1.54, 1.807) is 4.68 Å². The van der Waals surface area contributed by atoms with Crippen molar-refractivity contribution in [3.63, 3.8) is 0 Å². The molecule has 4 nitrogen and oxygen atoms in total. The zero-order valence-electron chi connectivity index (χ0n) is 10.2. The van der Waals surface area contributed by atoms with Crippen LogP contribution in [0.4, 0.5) is 10.1 Å². The van der Waals surface area contributed by atoms with E-state index in [0.29, 0.717) is 6.54 Å². The van der Waals surface area contributed by atoms with Gasteiger partial charge in [-0.15, -0.1) is 0 Å². The van der Waals surface area contributed by atoms with E-state index >= 15 is 0 Å². The minimum Gasteiger partial charge on any atom is -0.377 e. The van der Waals surface area contributed by atoms with Crippen LogP contribution in [0.15, 0.2) is 24.5 Å². The summed E-state index contributed by atoms with van der Waals surface area (Å²) in [7, 11) is 2.01. The van der Waals surface area contributed by atoms with Gasteiger partial charge in [0, 0.05) is 25.1 Å². The molecule has 2 aromatic rings. The number of rotatable bonds is 5. The summed E-state index contributed by atoms with van der Waals surface area (Å²) in [6.07, 6.45) is 3.86. The van der Waals surface area contributed by atoms with Crippen LogP contribution in [0.5, 0.6) is 0 Å². The Hall–Kier alpha value is -1.78. The summed E-state index contributed by atoms with van der Waals surface area (Å²) in [5.41, 5.74) is 3.05. The number of aryl methyl sites for hydroxylation is 3. The fourth-order valence-electron chi connectivity index (χ4n) is 1.76. The molecule has 5 heteroatoms. The van der Waals surface area contributed by atoms with Crippen LogP contribution in [-0.2, 0) is 20.1 Å². The van der Waals surface area contributed by atoms with E-state index < -0.39 is 6.67 Å². The fraction of sp³-hybridized carbons (Fsp3) is 0.417. The summed E-state index contributed by atoms with van der Waals surface area (Å²) in [4.78, 5) is 0. The van der Waals surface area contributed by atoms with Crippen molar-refractivity contribution in [1.82, 2.24) is 14.3 Å². The predicted molar refractivity (Wildman–Crippen MR) is 65.7 cm³/mol. The van der Waals surface area contributed by atoms with Crippen LogP contribution < -0.4 is 5.32 Å². The second-order valence-corrected chi connectivity index (χ2v) is 4.04. The van der Waals surface area contributed by atoms with Crippen LogP contribution in [0.3, 0.4) is 0 Å². The largest absolute Gasteiger partial charge is 0.377 e. The summed E-state index contributed by atoms with van der Waals surface area (Å²) >= 11 is 0. The molecule has 0 amide bonds. The topological polar surface area (TPSA) is 34.8 Å². The van der Waals surface area contributed by atoms with Gasteiger partial charge in [0.2, 0.25) is 0 Å². The fourth-order valence-corrected chi connectivity index (χ4v) is 1.76. The Morgan fingerprint density at radius 1 is 1.47 bits per heavy atom. The number of anilines is 1. The quantitative estimate of drug-likeness (QED) is 0.863. The first-order chi connectivity index (χ1) is 8.20. The molecule has 0 bridgehead atoms. The zero-order valence-corrected chi connectivity index (χ0v) is 10.2. The van der Waals surface area contributed by atoms with Gasteiger partial charge in [0.05, 0.1) is 24.5 Å². The first-order valence-corrected chi connectivity index (χ1v) is 5.65. The lowest BCUT2D eigenvalue weighted by Gasteiger charge is -2.05. The molecule has 0 aliphatic rings. The molecule has 0 aromatic carbocycles. The van der Waals surface area contributed by atoms with Crippen LogP contribution in [0.25, 0.3) is 0 Å². The first-order valence-electron chi connectivity index (χ1n) is 5.65. The Kier molecular flexibility index (Phi) is 3.46. The van der Waals surface area contributed by atoms with E-state index in [1.807, 2.05) is 32.4 Å². The molecule has 92 valence electrons. The maximum Gasteiger partial charge on any atom is 0.109 e. The zero-order chi connectivity index (χ0) is 12.3. The molecule has 0 radical (unpaired) electrons. The number of nitrogens with one attached hydrogen (secondary N) is 1. The Morgan fingerprint density at radius 3 is 2.94 bits per heavy atom. The molecule has 0 saturated carbocycles. The van der Waals surface area contributed by atoms with Gasteiger partial charge in [-0.1, -0.05) is 0 Å². The average molecular weight is 236 g/mol. The number of hydrogen-bond donors (Lipinski definition) is 1. The Morgan fingerprint density at radius 2 is 2.29 bits per heavy atom. The van der Waals surface area contributed by atoms with Gasteiger partial charge in [0.15, 0.2) is 0 Å². The van der Waals surface area contributed by atoms with Crippen molar-refractivity contribution >= 4 is 5.69 Å². The molecular formula is C12H17FN4. The highest BCUT2D eigenvalue weighted by Crippen LogP contribution is 2.13. The molecule has 17 heavy (non-hydrogen) atoms. The summed E-state index contributed by atoms with van der Waals surface area (Å²) in [6, 6.07) is 4.07. The first kappa shape index (κ1) is 11.7. The standard InChI is InChI=1S/C12H17FN4/c1-10-12(9-17(15-10)7-5-13)14-8-11-4-3-6-16(11)2/h3-4,6,9,14H,5,7-8H2,1-2H3. The molecular weight excluding hydrogens is 219 g/mol. The third kappa shape index (κ3) is 2.67. The van der Waals surface area contributed by atoms with E-state index in [-0.39, 0.29) is 0 Å². The number of hydrogen-bond acceptors (Lipinski definition) is 2. The lowest BCUT2D eigenvalue weighted by atomic mass is 10.3. The minimum absolute atomic E-state index is 0.312. The van der Waals surface area contributed by atoms with Crippen molar-refractivity contribution in [3.05, 3.63) is 35.9 Å². The monoisotopic (exact) mass is 236 g/mol. The Bertz CT molecular complexity index is 486. The predicted octanol–water partition coefficient (Wildman–Crippen LogP) is 2.11. The van der Waals surface area contributed by atoms with Crippen molar-refractivity contribution in [2.45, 2.75) is 20.0 Å². The third-order valence-corrected chi connectivity index (χ3v) is 2.77. The van der Waals surface area contributed by atoms with Crippen molar-refractivity contribution in [1.29, 1.82) is 0 Å². The molecule has 0 unspecified atom stereocenters. The summed E-state index contributed by atoms with van der Waals surface area (Å²) < 4.78 is 15.9. The van der Waals surface area contributed by atoms with Crippen LogP contribution >= 0.6 is 0 Å². The van der Waals surface area contributed by atoms with E-state index in [2.05, 4.69) is 21.0 Å². The highest BCUT2D eigenvalue weighted by Gasteiger charge is 2.05. The van der Waals surface area contributed by atoms with Crippen LogP contribution in [0.2, 0.25) is 0 Å². The van der Waals surface area contributed by atoms with Crippen molar-refractivity contribution in [2.75, 3.05) is 12.0 Å². The highest BCUT2D eigenvalue weighted by atomic mass is 19.1. The van der Waals surface area contributed by atoms with Gasteiger partial charge in [-0.3, -0.25) is 4.68 Å². The normalized spacial score (nSPS) is 10.8. The molecule has 0 aliphatic carbocycles. The van der Waals surface area contributed by atoms with E-state index in [9.17, 15) is 4.39 Å². The van der Waals surface area contributed by atoms with Gasteiger partial charge >= 0.3 is 0 Å². The molecule has 0 fully saturated rings. The van der Waals surface area contributed by atoms with Gasteiger partial charge in [-0.25, -0.2) is 4.39 Å². The van der Waals surface area contributed by atoms with E-state index in [4.69, 9.17) is 0 Å². The molecule has 0 aliphatic heterocycles. The van der Waals surface area contributed by atoms with Gasteiger partial charge in [-0.2, -0.15) is 5.10 Å². The minimum atomic E-state index is -0.391. The number of nitrogens with zero attached hydrogens (tertiary/aromatic N) is 3. The van der Waals surface area contributed by atoms with Crippen LogP contribution in [0, 0.1) is 6.92 Å². The second kappa shape index (κ2) is 5.03. The second-order valence-electron chi connectivity index (χ2n) is 4.04. The van der Waals surface area contributed by atoms with Gasteiger partial charge < -0.3 is 9.88 Å². The number of aromatic nitrogens is 3. The van der Waals surface area contributed by atoms with E-state index in [1.165, 1.54) is 5.69 Å². The maximum absolute atomic E-state index is 12.2. The Labute approximate surface area is 100 Å². The van der Waals surface area contributed by atoms with Crippen molar-refractivity contribution in [2.24, 2.45) is 7.05 Å². The van der Waals surface area contributed by atoms with Gasteiger partial charge in [0.1, 0.15) is 6.67 Å². The van der Waals surface area contributed by atoms with Gasteiger partial charge in [0.25, 0.3) is 0 Å². The summed E-state index contributed by atoms with van der Waals surface area (Å²) in [5, 5.41) is 7.54. The lowest BCUT2D eigenvalue weighted by Crippen LogP contribution is -2.04. The number of alkyl halides is 1.